The van der Waals surface area contributed by atoms with E-state index in [0.717, 1.165) is 39.5 Å². The minimum atomic E-state index is -0.458. The second-order valence-corrected chi connectivity index (χ2v) is 8.00. The van der Waals surface area contributed by atoms with Crippen LogP contribution in [0.15, 0.2) is 96.1 Å². The molecule has 33 heavy (non-hydrogen) atoms. The Balaban J connectivity index is 1.44. The lowest BCUT2D eigenvalue weighted by molar-refractivity contribution is 0.0952. The molecule has 1 amide bonds. The van der Waals surface area contributed by atoms with Gasteiger partial charge in [-0.3, -0.25) is 4.79 Å². The molecule has 0 unspecified atom stereocenters. The molecule has 5 nitrogen and oxygen atoms in total. The third-order valence-electron chi connectivity index (χ3n) is 5.93. The summed E-state index contributed by atoms with van der Waals surface area (Å²) in [6.45, 7) is 2.81. The number of hydrogen-bond donors (Lipinski definition) is 2. The molecule has 0 bridgehead atoms. The van der Waals surface area contributed by atoms with Crippen molar-refractivity contribution >= 4 is 33.8 Å². The number of phenolic OH excluding ortho intramolecular Hbond substituents is 1. The quantitative estimate of drug-likeness (QED) is 0.279. The summed E-state index contributed by atoms with van der Waals surface area (Å²) in [6, 6.07) is 29.3. The number of carbonyl (C=O) groups excluding carboxylic acids is 1. The molecule has 0 atom stereocenters. The molecule has 0 saturated carbocycles. The monoisotopic (exact) mass is 433 g/mol. The van der Waals surface area contributed by atoms with E-state index >= 15 is 0 Å². The van der Waals surface area contributed by atoms with Gasteiger partial charge in [-0.15, -0.1) is 0 Å². The molecule has 0 radical (unpaired) electrons. The minimum absolute atomic E-state index is 0.0722. The molecular formula is C28H23N3O2. The molecule has 0 saturated heterocycles. The molecule has 2 N–H and O–H groups in total. The zero-order valence-electron chi connectivity index (χ0n) is 18.2. The van der Waals surface area contributed by atoms with E-state index in [9.17, 15) is 9.90 Å². The number of aromatic hydroxyl groups is 1. The molecule has 5 rings (SSSR count). The number of hydrogen-bond acceptors (Lipinski definition) is 3. The standard InChI is InChI=1S/C28H23N3O2/c1-19-25(23-13-7-8-14-26(23)31(19)18-20-9-3-2-4-10-20)17-29-30-28(33)24-15-21-11-5-6-12-22(21)16-27(24)32/h2-17,32H,18H2,1H3,(H,30,33). The van der Waals surface area contributed by atoms with Gasteiger partial charge in [0.2, 0.25) is 0 Å². The van der Waals surface area contributed by atoms with E-state index in [1.807, 2.05) is 54.6 Å². The van der Waals surface area contributed by atoms with Crippen molar-refractivity contribution < 1.29 is 9.90 Å². The van der Waals surface area contributed by atoms with Crippen LogP contribution in [0.5, 0.6) is 5.75 Å². The van der Waals surface area contributed by atoms with Crippen molar-refractivity contribution in [3.63, 3.8) is 0 Å². The van der Waals surface area contributed by atoms with Crippen molar-refractivity contribution in [1.29, 1.82) is 0 Å². The first-order valence-corrected chi connectivity index (χ1v) is 10.8. The van der Waals surface area contributed by atoms with Crippen LogP contribution in [0.3, 0.4) is 0 Å². The fourth-order valence-corrected chi connectivity index (χ4v) is 4.22. The van der Waals surface area contributed by atoms with Gasteiger partial charge in [-0.1, -0.05) is 72.8 Å². The number of benzene rings is 4. The van der Waals surface area contributed by atoms with E-state index < -0.39 is 5.91 Å². The number of carbonyl (C=O) groups is 1. The van der Waals surface area contributed by atoms with Crippen molar-refractivity contribution in [2.45, 2.75) is 13.5 Å². The predicted molar refractivity (Wildman–Crippen MR) is 133 cm³/mol. The molecule has 0 aliphatic carbocycles. The topological polar surface area (TPSA) is 66.6 Å². The maximum atomic E-state index is 12.7. The molecule has 5 heteroatoms. The SMILES string of the molecule is Cc1c(C=NNC(=O)c2cc3ccccc3cc2O)c2ccccc2n1Cc1ccccc1. The molecule has 0 aliphatic rings. The Morgan fingerprint density at radius 3 is 2.39 bits per heavy atom. The normalized spacial score (nSPS) is 11.4. The molecule has 1 aromatic heterocycles. The smallest absolute Gasteiger partial charge is 0.275 e. The van der Waals surface area contributed by atoms with Crippen LogP contribution in [0.2, 0.25) is 0 Å². The van der Waals surface area contributed by atoms with E-state index in [1.54, 1.807) is 18.3 Å². The Hall–Kier alpha value is -4.38. The van der Waals surface area contributed by atoms with E-state index in [2.05, 4.69) is 46.3 Å². The molecular weight excluding hydrogens is 410 g/mol. The summed E-state index contributed by atoms with van der Waals surface area (Å²) < 4.78 is 2.25. The summed E-state index contributed by atoms with van der Waals surface area (Å²) >= 11 is 0. The van der Waals surface area contributed by atoms with Gasteiger partial charge in [0, 0.05) is 28.7 Å². The Kier molecular flexibility index (Phi) is 5.37. The van der Waals surface area contributed by atoms with Gasteiger partial charge in [-0.2, -0.15) is 5.10 Å². The summed E-state index contributed by atoms with van der Waals surface area (Å²) in [4.78, 5) is 12.7. The van der Waals surface area contributed by atoms with Crippen LogP contribution in [-0.4, -0.2) is 21.8 Å². The summed E-state index contributed by atoms with van der Waals surface area (Å²) in [5.41, 5.74) is 7.09. The van der Waals surface area contributed by atoms with E-state index in [0.29, 0.717) is 0 Å². The number of aromatic nitrogens is 1. The average molecular weight is 434 g/mol. The first kappa shape index (κ1) is 20.5. The average Bonchev–Trinajstić information content (AvgIpc) is 3.10. The maximum absolute atomic E-state index is 12.7. The lowest BCUT2D eigenvalue weighted by atomic mass is 10.1. The molecule has 162 valence electrons. The molecule has 0 spiro atoms. The van der Waals surface area contributed by atoms with Crippen LogP contribution in [0.4, 0.5) is 0 Å². The number of nitrogens with one attached hydrogen (secondary N) is 1. The molecule has 0 aliphatic heterocycles. The van der Waals surface area contributed by atoms with Crippen LogP contribution in [0, 0.1) is 6.92 Å². The second kappa shape index (κ2) is 8.63. The largest absolute Gasteiger partial charge is 0.507 e. The number of fused-ring (bicyclic) bond motifs is 2. The highest BCUT2D eigenvalue weighted by Crippen LogP contribution is 2.26. The lowest BCUT2D eigenvalue weighted by Gasteiger charge is -2.08. The number of amides is 1. The van der Waals surface area contributed by atoms with Crippen molar-refractivity contribution in [1.82, 2.24) is 9.99 Å². The van der Waals surface area contributed by atoms with Crippen molar-refractivity contribution in [3.8, 4) is 5.75 Å². The summed E-state index contributed by atoms with van der Waals surface area (Å²) in [7, 11) is 0. The van der Waals surface area contributed by atoms with Crippen molar-refractivity contribution in [2.75, 3.05) is 0 Å². The third kappa shape index (κ3) is 3.96. The third-order valence-corrected chi connectivity index (χ3v) is 5.93. The zero-order chi connectivity index (χ0) is 22.8. The van der Waals surface area contributed by atoms with Crippen LogP contribution in [-0.2, 0) is 6.54 Å². The van der Waals surface area contributed by atoms with E-state index in [4.69, 9.17) is 0 Å². The van der Waals surface area contributed by atoms with Crippen molar-refractivity contribution in [3.05, 3.63) is 113 Å². The van der Waals surface area contributed by atoms with Gasteiger partial charge in [0.1, 0.15) is 5.75 Å². The number of phenols is 1. The van der Waals surface area contributed by atoms with Crippen LogP contribution in [0.25, 0.3) is 21.7 Å². The van der Waals surface area contributed by atoms with Gasteiger partial charge < -0.3 is 9.67 Å². The van der Waals surface area contributed by atoms with Gasteiger partial charge >= 0.3 is 0 Å². The number of nitrogens with zero attached hydrogens (tertiary/aromatic N) is 2. The summed E-state index contributed by atoms with van der Waals surface area (Å²) in [6.07, 6.45) is 1.68. The summed E-state index contributed by atoms with van der Waals surface area (Å²) in [5, 5.41) is 17.3. The first-order chi connectivity index (χ1) is 16.1. The minimum Gasteiger partial charge on any atom is -0.507 e. The fraction of sp³-hybridized carbons (Fsp3) is 0.0714. The fourth-order valence-electron chi connectivity index (χ4n) is 4.22. The van der Waals surface area contributed by atoms with Gasteiger partial charge in [0.25, 0.3) is 5.91 Å². The Bertz CT molecular complexity index is 1500. The Labute approximate surface area is 191 Å². The van der Waals surface area contributed by atoms with Crippen LogP contribution >= 0.6 is 0 Å². The van der Waals surface area contributed by atoms with E-state index in [1.165, 1.54) is 5.56 Å². The summed E-state index contributed by atoms with van der Waals surface area (Å²) in [5.74, 6) is -0.530. The van der Waals surface area contributed by atoms with Crippen LogP contribution < -0.4 is 5.43 Å². The predicted octanol–water partition coefficient (Wildman–Crippen LogP) is 5.62. The first-order valence-electron chi connectivity index (χ1n) is 10.8. The van der Waals surface area contributed by atoms with Crippen LogP contribution in [0.1, 0.15) is 27.2 Å². The highest BCUT2D eigenvalue weighted by atomic mass is 16.3. The van der Waals surface area contributed by atoms with Gasteiger partial charge in [0.05, 0.1) is 11.8 Å². The molecule has 4 aromatic carbocycles. The maximum Gasteiger partial charge on any atom is 0.275 e. The number of para-hydroxylation sites is 1. The van der Waals surface area contributed by atoms with Crippen molar-refractivity contribution in [2.24, 2.45) is 5.10 Å². The Morgan fingerprint density at radius 2 is 1.61 bits per heavy atom. The van der Waals surface area contributed by atoms with Gasteiger partial charge in [0.15, 0.2) is 0 Å². The number of rotatable bonds is 5. The highest BCUT2D eigenvalue weighted by Gasteiger charge is 2.14. The molecule has 0 fully saturated rings. The van der Waals surface area contributed by atoms with E-state index in [-0.39, 0.29) is 11.3 Å². The highest BCUT2D eigenvalue weighted by molar-refractivity contribution is 6.04. The second-order valence-electron chi connectivity index (χ2n) is 8.00. The zero-order valence-corrected chi connectivity index (χ0v) is 18.2. The lowest BCUT2D eigenvalue weighted by Crippen LogP contribution is -2.17. The molecule has 5 aromatic rings. The molecule has 1 heterocycles. The number of hydrazone groups is 1. The van der Waals surface area contributed by atoms with Gasteiger partial charge in [-0.05, 0) is 41.5 Å². The Morgan fingerprint density at radius 1 is 0.939 bits per heavy atom. The van der Waals surface area contributed by atoms with Gasteiger partial charge in [-0.25, -0.2) is 5.43 Å².